The third-order valence-electron chi connectivity index (χ3n) is 7.06. The molecule has 0 spiro atoms. The van der Waals surface area contributed by atoms with Crippen LogP contribution in [0.3, 0.4) is 0 Å². The Balaban J connectivity index is 1.90. The Labute approximate surface area is 148 Å². The maximum absolute atomic E-state index is 11.8. The van der Waals surface area contributed by atoms with Gasteiger partial charge in [0.1, 0.15) is 19.0 Å². The van der Waals surface area contributed by atoms with E-state index in [1.807, 2.05) is 6.92 Å². The molecule has 0 aromatic rings. The first kappa shape index (κ1) is 18.3. The van der Waals surface area contributed by atoms with E-state index in [4.69, 9.17) is 4.74 Å². The number of carbonyl (C=O) groups excluding carboxylic acids is 2. The van der Waals surface area contributed by atoms with Crippen LogP contribution in [-0.4, -0.2) is 41.3 Å². The fraction of sp³-hybridized carbons (Fsp3) is 0.700. The molecule has 3 rings (SSSR count). The van der Waals surface area contributed by atoms with Crippen LogP contribution in [0.15, 0.2) is 23.8 Å². The van der Waals surface area contributed by atoms with E-state index in [0.717, 1.165) is 31.1 Å². The number of aldehydes is 1. The van der Waals surface area contributed by atoms with Gasteiger partial charge in [-0.05, 0) is 49.4 Å². The molecule has 0 radical (unpaired) electrons. The topological polar surface area (TPSA) is 83.8 Å². The molecule has 0 bridgehead atoms. The van der Waals surface area contributed by atoms with Gasteiger partial charge in [-0.2, -0.15) is 0 Å². The third kappa shape index (κ3) is 2.77. The Kier molecular flexibility index (Phi) is 4.67. The van der Waals surface area contributed by atoms with Crippen LogP contribution in [0, 0.1) is 22.7 Å². The highest BCUT2D eigenvalue weighted by Crippen LogP contribution is 2.61. The summed E-state index contributed by atoms with van der Waals surface area (Å²) in [6, 6.07) is 0. The van der Waals surface area contributed by atoms with E-state index in [-0.39, 0.29) is 23.9 Å². The number of ether oxygens (including phenoxy) is 1. The molecule has 1 heterocycles. The van der Waals surface area contributed by atoms with Crippen molar-refractivity contribution in [3.05, 3.63) is 23.8 Å². The van der Waals surface area contributed by atoms with Gasteiger partial charge in [0.25, 0.3) is 0 Å². The van der Waals surface area contributed by atoms with Crippen molar-refractivity contribution in [3.63, 3.8) is 0 Å². The summed E-state index contributed by atoms with van der Waals surface area (Å²) in [6.07, 6.45) is 4.92. The normalized spacial score (nSPS) is 46.0. The zero-order valence-corrected chi connectivity index (χ0v) is 15.0. The van der Waals surface area contributed by atoms with Gasteiger partial charge < -0.3 is 19.7 Å². The molecule has 25 heavy (non-hydrogen) atoms. The first-order valence-electron chi connectivity index (χ1n) is 9.11. The molecule has 0 aromatic carbocycles. The number of rotatable bonds is 3. The molecule has 2 unspecified atom stereocenters. The minimum atomic E-state index is -0.860. The van der Waals surface area contributed by atoms with Crippen molar-refractivity contribution in [2.24, 2.45) is 22.7 Å². The van der Waals surface area contributed by atoms with E-state index >= 15 is 0 Å². The largest absolute Gasteiger partial charge is 0.459 e. The number of hydrogen-bond donors (Lipinski definition) is 2. The average Bonchev–Trinajstić information content (AvgIpc) is 2.89. The summed E-state index contributed by atoms with van der Waals surface area (Å²) < 4.78 is 4.88. The Bertz CT molecular complexity index is 624. The molecule has 1 aliphatic heterocycles. The minimum absolute atomic E-state index is 0.0194. The number of hydrogen-bond acceptors (Lipinski definition) is 5. The first-order chi connectivity index (χ1) is 11.7. The molecular formula is C20H28O5. The molecule has 3 aliphatic rings. The summed E-state index contributed by atoms with van der Waals surface area (Å²) in [6.45, 7) is 8.32. The number of cyclic esters (lactones) is 1. The number of allylic oxidation sites excluding steroid dienone is 2. The van der Waals surface area contributed by atoms with Crippen LogP contribution in [0.5, 0.6) is 0 Å². The average molecular weight is 348 g/mol. The highest BCUT2D eigenvalue weighted by atomic mass is 16.6. The van der Waals surface area contributed by atoms with Crippen LogP contribution in [0.1, 0.15) is 46.0 Å². The van der Waals surface area contributed by atoms with Gasteiger partial charge in [-0.3, -0.25) is 0 Å². The lowest BCUT2D eigenvalue weighted by Crippen LogP contribution is -2.56. The van der Waals surface area contributed by atoms with E-state index < -0.39 is 23.6 Å². The van der Waals surface area contributed by atoms with E-state index in [2.05, 4.69) is 13.5 Å². The Morgan fingerprint density at radius 1 is 1.32 bits per heavy atom. The van der Waals surface area contributed by atoms with Crippen molar-refractivity contribution >= 4 is 12.3 Å². The molecule has 2 N–H and O–H groups in total. The zero-order valence-electron chi connectivity index (χ0n) is 15.0. The second kappa shape index (κ2) is 6.36. The summed E-state index contributed by atoms with van der Waals surface area (Å²) in [5.41, 5.74) is 0.549. The van der Waals surface area contributed by atoms with Crippen molar-refractivity contribution in [2.75, 3.05) is 6.61 Å². The molecule has 6 atom stereocenters. The molecule has 0 aromatic heterocycles. The first-order valence-corrected chi connectivity index (χ1v) is 9.11. The zero-order chi connectivity index (χ0) is 18.4. The molecule has 2 aliphatic carbocycles. The van der Waals surface area contributed by atoms with Gasteiger partial charge in [0.2, 0.25) is 0 Å². The van der Waals surface area contributed by atoms with Crippen molar-refractivity contribution in [1.29, 1.82) is 0 Å². The standard InChI is InChI=1S/C20H28O5/c1-12-4-7-16-19(2,9-8-17(23)20(16,3)11-21)14(12)6-5-13-15(22)10-25-18(13)24/h5,11,14-17,22-23H,1,4,6-10H2,2-3H3/t14?,15-,16?,17-,19+,20+/m1/s1. The molecule has 5 nitrogen and oxygen atoms in total. The van der Waals surface area contributed by atoms with Gasteiger partial charge in [-0.1, -0.05) is 32.1 Å². The van der Waals surface area contributed by atoms with Crippen LogP contribution in [0.4, 0.5) is 0 Å². The van der Waals surface area contributed by atoms with Gasteiger partial charge in [0, 0.05) is 0 Å². The van der Waals surface area contributed by atoms with Gasteiger partial charge in [-0.15, -0.1) is 0 Å². The molecule has 2 saturated carbocycles. The van der Waals surface area contributed by atoms with E-state index in [0.29, 0.717) is 18.4 Å². The van der Waals surface area contributed by atoms with Crippen LogP contribution in [0.25, 0.3) is 0 Å². The highest BCUT2D eigenvalue weighted by Gasteiger charge is 2.57. The van der Waals surface area contributed by atoms with Crippen LogP contribution in [0.2, 0.25) is 0 Å². The molecule has 3 fully saturated rings. The van der Waals surface area contributed by atoms with Gasteiger partial charge in [0.15, 0.2) is 0 Å². The minimum Gasteiger partial charge on any atom is -0.459 e. The fourth-order valence-corrected chi connectivity index (χ4v) is 5.43. The van der Waals surface area contributed by atoms with Crippen molar-refractivity contribution < 1.29 is 24.5 Å². The van der Waals surface area contributed by atoms with E-state index in [1.165, 1.54) is 0 Å². The monoisotopic (exact) mass is 348 g/mol. The Morgan fingerprint density at radius 3 is 2.64 bits per heavy atom. The molecule has 0 amide bonds. The van der Waals surface area contributed by atoms with Crippen molar-refractivity contribution in [2.45, 2.75) is 58.2 Å². The van der Waals surface area contributed by atoms with Gasteiger partial charge in [0.05, 0.1) is 17.1 Å². The molecule has 138 valence electrons. The molecular weight excluding hydrogens is 320 g/mol. The van der Waals surface area contributed by atoms with E-state index in [1.54, 1.807) is 6.08 Å². The predicted molar refractivity (Wildman–Crippen MR) is 92.5 cm³/mol. The predicted octanol–water partition coefficient (Wildman–Crippen LogP) is 2.17. The lowest BCUT2D eigenvalue weighted by Gasteiger charge is -2.58. The number of aliphatic hydroxyl groups is 2. The quantitative estimate of drug-likeness (QED) is 0.353. The van der Waals surface area contributed by atoms with Crippen LogP contribution < -0.4 is 0 Å². The number of carbonyl (C=O) groups is 2. The Morgan fingerprint density at radius 2 is 2.04 bits per heavy atom. The second-order valence-electron chi connectivity index (χ2n) is 8.36. The summed E-state index contributed by atoms with van der Waals surface area (Å²) >= 11 is 0. The number of fused-ring (bicyclic) bond motifs is 1. The van der Waals surface area contributed by atoms with Crippen molar-refractivity contribution in [1.82, 2.24) is 0 Å². The number of esters is 1. The number of aliphatic hydroxyl groups excluding tert-OH is 2. The summed E-state index contributed by atoms with van der Waals surface area (Å²) in [7, 11) is 0. The fourth-order valence-electron chi connectivity index (χ4n) is 5.43. The van der Waals surface area contributed by atoms with Crippen LogP contribution in [-0.2, 0) is 14.3 Å². The maximum atomic E-state index is 11.8. The summed E-state index contributed by atoms with van der Waals surface area (Å²) in [4.78, 5) is 23.6. The molecule has 1 saturated heterocycles. The van der Waals surface area contributed by atoms with Gasteiger partial charge in [-0.25, -0.2) is 4.79 Å². The van der Waals surface area contributed by atoms with Crippen molar-refractivity contribution in [3.8, 4) is 0 Å². The maximum Gasteiger partial charge on any atom is 0.336 e. The Hall–Kier alpha value is -1.46. The SMILES string of the molecule is C=C1CCC2[C@@](C)(CC[C@@H](O)[C@@]2(C)C=O)C1CC=C1C(=O)OC[C@H]1O. The third-order valence-corrected chi connectivity index (χ3v) is 7.06. The van der Waals surface area contributed by atoms with E-state index in [9.17, 15) is 19.8 Å². The van der Waals surface area contributed by atoms with Gasteiger partial charge >= 0.3 is 5.97 Å². The summed E-state index contributed by atoms with van der Waals surface area (Å²) in [5, 5.41) is 20.3. The smallest absolute Gasteiger partial charge is 0.336 e. The second-order valence-corrected chi connectivity index (χ2v) is 8.36. The lowest BCUT2D eigenvalue weighted by molar-refractivity contribution is -0.151. The lowest BCUT2D eigenvalue weighted by atomic mass is 9.46. The highest BCUT2D eigenvalue weighted by molar-refractivity contribution is 5.91. The summed E-state index contributed by atoms with van der Waals surface area (Å²) in [5.74, 6) is -0.255. The van der Waals surface area contributed by atoms with Crippen LogP contribution >= 0.6 is 0 Å². The molecule has 5 heteroatoms.